The van der Waals surface area contributed by atoms with E-state index in [2.05, 4.69) is 21.0 Å². The molecule has 0 atom stereocenters. The molecule has 1 heterocycles. The van der Waals surface area contributed by atoms with E-state index in [1.54, 1.807) is 0 Å². The molecule has 0 aliphatic heterocycles. The maximum Gasteiger partial charge on any atom is 0.130 e. The second-order valence-electron chi connectivity index (χ2n) is 2.04. The first-order valence-corrected chi connectivity index (χ1v) is 2.95. The summed E-state index contributed by atoms with van der Waals surface area (Å²) in [5.74, 6) is 0. The Balaban J connectivity index is 2.53. The average Bonchev–Trinajstić information content (AvgIpc) is 2.33. The van der Waals surface area contributed by atoms with Crippen LogP contribution in [0.1, 0.15) is 17.8 Å². The van der Waals surface area contributed by atoms with Gasteiger partial charge in [-0.25, -0.2) is 4.63 Å². The molecule has 0 aromatic carbocycles. The molecular weight excluding hydrogens is 116 g/mol. The van der Waals surface area contributed by atoms with Crippen molar-refractivity contribution in [3.8, 4) is 0 Å². The van der Waals surface area contributed by atoms with Crippen molar-refractivity contribution in [3.63, 3.8) is 0 Å². The zero-order chi connectivity index (χ0) is 6.10. The average molecular weight is 122 g/mol. The third-order valence-corrected chi connectivity index (χ3v) is 1.41. The number of allylic oxidation sites excluding steroid dienone is 1. The van der Waals surface area contributed by atoms with Crippen molar-refractivity contribution >= 4 is 6.08 Å². The van der Waals surface area contributed by atoms with E-state index in [0.717, 1.165) is 24.2 Å². The molecule has 9 heavy (non-hydrogen) atoms. The van der Waals surface area contributed by atoms with Crippen molar-refractivity contribution in [2.24, 2.45) is 0 Å². The van der Waals surface area contributed by atoms with Crippen LogP contribution in [0.5, 0.6) is 0 Å². The van der Waals surface area contributed by atoms with Gasteiger partial charge in [-0.2, -0.15) is 0 Å². The first-order chi connectivity index (χ1) is 4.47. The Hall–Kier alpha value is -1.12. The van der Waals surface area contributed by atoms with Crippen LogP contribution in [0, 0.1) is 0 Å². The maximum atomic E-state index is 4.52. The van der Waals surface area contributed by atoms with Gasteiger partial charge in [-0.1, -0.05) is 16.4 Å². The van der Waals surface area contributed by atoms with Crippen LogP contribution in [0.25, 0.3) is 6.08 Å². The first-order valence-electron chi connectivity index (χ1n) is 2.95. The van der Waals surface area contributed by atoms with E-state index in [1.165, 1.54) is 0 Å². The van der Waals surface area contributed by atoms with Crippen molar-refractivity contribution in [2.75, 3.05) is 0 Å². The van der Waals surface area contributed by atoms with Gasteiger partial charge < -0.3 is 0 Å². The van der Waals surface area contributed by atoms with Gasteiger partial charge >= 0.3 is 0 Å². The quantitative estimate of drug-likeness (QED) is 0.515. The molecule has 3 heteroatoms. The highest BCUT2D eigenvalue weighted by molar-refractivity contribution is 5.48. The number of aryl methyl sites for hydroxylation is 1. The zero-order valence-electron chi connectivity index (χ0n) is 4.87. The van der Waals surface area contributed by atoms with Crippen LogP contribution in [-0.4, -0.2) is 10.3 Å². The summed E-state index contributed by atoms with van der Waals surface area (Å²) in [6.45, 7) is 0. The van der Waals surface area contributed by atoms with Crippen molar-refractivity contribution in [3.05, 3.63) is 17.5 Å². The summed E-state index contributed by atoms with van der Waals surface area (Å²) in [7, 11) is 0. The van der Waals surface area contributed by atoms with Gasteiger partial charge in [0.2, 0.25) is 0 Å². The molecule has 1 aromatic heterocycles. The Morgan fingerprint density at radius 2 is 2.44 bits per heavy atom. The lowest BCUT2D eigenvalue weighted by molar-refractivity contribution is 0.303. The van der Waals surface area contributed by atoms with Crippen molar-refractivity contribution in [2.45, 2.75) is 12.8 Å². The van der Waals surface area contributed by atoms with Crippen molar-refractivity contribution in [1.29, 1.82) is 0 Å². The Morgan fingerprint density at radius 1 is 1.44 bits per heavy atom. The van der Waals surface area contributed by atoms with E-state index in [1.807, 2.05) is 6.08 Å². The number of aromatic nitrogens is 2. The summed E-state index contributed by atoms with van der Waals surface area (Å²) >= 11 is 0. The SMILES string of the molecule is C1=Cc2nonc2CC1. The third-order valence-electron chi connectivity index (χ3n) is 1.41. The Bertz CT molecular complexity index is 239. The predicted octanol–water partition coefficient (Wildman–Crippen LogP) is 1.03. The largest absolute Gasteiger partial charge is 0.244 e. The highest BCUT2D eigenvalue weighted by Gasteiger charge is 2.08. The van der Waals surface area contributed by atoms with Crippen LogP contribution >= 0.6 is 0 Å². The fourth-order valence-corrected chi connectivity index (χ4v) is 0.928. The third kappa shape index (κ3) is 0.650. The maximum absolute atomic E-state index is 4.52. The molecule has 0 saturated heterocycles. The fourth-order valence-electron chi connectivity index (χ4n) is 0.928. The summed E-state index contributed by atoms with van der Waals surface area (Å²) in [5.41, 5.74) is 1.87. The predicted molar refractivity (Wildman–Crippen MR) is 31.7 cm³/mol. The Kier molecular flexibility index (Phi) is 0.886. The molecule has 1 aromatic rings. The Morgan fingerprint density at radius 3 is 3.33 bits per heavy atom. The van der Waals surface area contributed by atoms with Gasteiger partial charge in [-0.3, -0.25) is 0 Å². The number of rotatable bonds is 0. The van der Waals surface area contributed by atoms with Crippen LogP contribution < -0.4 is 0 Å². The molecule has 2 rings (SSSR count). The summed E-state index contributed by atoms with van der Waals surface area (Å²) in [4.78, 5) is 0. The van der Waals surface area contributed by atoms with E-state index in [9.17, 15) is 0 Å². The monoisotopic (exact) mass is 122 g/mol. The van der Waals surface area contributed by atoms with E-state index >= 15 is 0 Å². The van der Waals surface area contributed by atoms with Crippen LogP contribution in [0.4, 0.5) is 0 Å². The standard InChI is InChI=1S/C6H6N2O/c1-2-4-6-5(3-1)7-9-8-6/h1,3H,2,4H2. The van der Waals surface area contributed by atoms with Gasteiger partial charge in [0.05, 0.1) is 0 Å². The smallest absolute Gasteiger partial charge is 0.130 e. The summed E-state index contributed by atoms with van der Waals surface area (Å²) < 4.78 is 4.52. The molecule has 0 amide bonds. The molecule has 0 spiro atoms. The lowest BCUT2D eigenvalue weighted by atomic mass is 10.1. The van der Waals surface area contributed by atoms with Crippen LogP contribution in [0.2, 0.25) is 0 Å². The summed E-state index contributed by atoms with van der Waals surface area (Å²) in [5, 5.41) is 7.40. The summed E-state index contributed by atoms with van der Waals surface area (Å²) in [6, 6.07) is 0. The molecule has 1 aliphatic carbocycles. The van der Waals surface area contributed by atoms with Crippen LogP contribution in [-0.2, 0) is 6.42 Å². The van der Waals surface area contributed by atoms with Crippen molar-refractivity contribution in [1.82, 2.24) is 10.3 Å². The second-order valence-corrected chi connectivity index (χ2v) is 2.04. The Labute approximate surface area is 52.3 Å². The minimum absolute atomic E-state index is 0.890. The topological polar surface area (TPSA) is 38.9 Å². The van der Waals surface area contributed by atoms with Crippen LogP contribution in [0.15, 0.2) is 10.7 Å². The highest BCUT2D eigenvalue weighted by atomic mass is 16.6. The van der Waals surface area contributed by atoms with E-state index in [0.29, 0.717) is 0 Å². The van der Waals surface area contributed by atoms with Gasteiger partial charge in [-0.15, -0.1) is 0 Å². The molecule has 3 nitrogen and oxygen atoms in total. The van der Waals surface area contributed by atoms with Gasteiger partial charge in [0.1, 0.15) is 11.4 Å². The highest BCUT2D eigenvalue weighted by Crippen LogP contribution is 2.13. The van der Waals surface area contributed by atoms with E-state index in [4.69, 9.17) is 0 Å². The number of nitrogens with zero attached hydrogens (tertiary/aromatic N) is 2. The molecule has 0 unspecified atom stereocenters. The minimum atomic E-state index is 0.890. The number of hydrogen-bond donors (Lipinski definition) is 0. The second kappa shape index (κ2) is 1.69. The van der Waals surface area contributed by atoms with Crippen molar-refractivity contribution < 1.29 is 4.63 Å². The zero-order valence-corrected chi connectivity index (χ0v) is 4.87. The van der Waals surface area contributed by atoms with E-state index in [-0.39, 0.29) is 0 Å². The molecule has 0 N–H and O–H groups in total. The van der Waals surface area contributed by atoms with Gasteiger partial charge in [0, 0.05) is 0 Å². The van der Waals surface area contributed by atoms with Gasteiger partial charge in [0.25, 0.3) is 0 Å². The van der Waals surface area contributed by atoms with E-state index < -0.39 is 0 Å². The number of fused-ring (bicyclic) bond motifs is 1. The molecular formula is C6H6N2O. The lowest BCUT2D eigenvalue weighted by Gasteiger charge is -1.95. The normalized spacial score (nSPS) is 15.6. The molecule has 46 valence electrons. The molecule has 0 saturated carbocycles. The summed E-state index contributed by atoms with van der Waals surface area (Å²) in [6.07, 6.45) is 6.04. The molecule has 0 radical (unpaired) electrons. The fraction of sp³-hybridized carbons (Fsp3) is 0.333. The first kappa shape index (κ1) is 4.73. The van der Waals surface area contributed by atoms with Crippen LogP contribution in [0.3, 0.4) is 0 Å². The lowest BCUT2D eigenvalue weighted by Crippen LogP contribution is -1.91. The molecule has 0 bridgehead atoms. The number of hydrogen-bond acceptors (Lipinski definition) is 3. The minimum Gasteiger partial charge on any atom is -0.244 e. The van der Waals surface area contributed by atoms with Gasteiger partial charge in [0.15, 0.2) is 0 Å². The van der Waals surface area contributed by atoms with Gasteiger partial charge in [-0.05, 0) is 18.9 Å². The molecule has 1 aliphatic rings. The molecule has 0 fully saturated rings.